The fourth-order valence-electron chi connectivity index (χ4n) is 2.56. The van der Waals surface area contributed by atoms with Gasteiger partial charge in [-0.25, -0.2) is 4.39 Å². The van der Waals surface area contributed by atoms with Crippen LogP contribution >= 0.6 is 0 Å². The molecule has 0 aliphatic heterocycles. The molecular weight excluding hydrogens is 215 g/mol. The molecule has 1 aromatic rings. The Morgan fingerprint density at radius 2 is 2.00 bits per heavy atom. The Hall–Kier alpha value is -1.25. The standard InChI is InChI=1S/C14H21FN2/c1-10-5-3-2-4-6-13(10)17-14-9-11(15)7-8-12(14)16/h7-10,13,17H,2-6,16H2,1H3. The third kappa shape index (κ3) is 3.11. The maximum absolute atomic E-state index is 13.2. The van der Waals surface area contributed by atoms with Gasteiger partial charge < -0.3 is 11.1 Å². The summed E-state index contributed by atoms with van der Waals surface area (Å²) in [6.07, 6.45) is 6.25. The molecular formula is C14H21FN2. The van der Waals surface area contributed by atoms with Crippen molar-refractivity contribution in [2.45, 2.75) is 45.1 Å². The van der Waals surface area contributed by atoms with E-state index in [-0.39, 0.29) is 5.82 Å². The van der Waals surface area contributed by atoms with Crippen LogP contribution in [0.2, 0.25) is 0 Å². The van der Waals surface area contributed by atoms with Gasteiger partial charge in [-0.3, -0.25) is 0 Å². The number of anilines is 2. The van der Waals surface area contributed by atoms with Gasteiger partial charge >= 0.3 is 0 Å². The van der Waals surface area contributed by atoms with Gasteiger partial charge in [-0.05, 0) is 37.0 Å². The van der Waals surface area contributed by atoms with Crippen molar-refractivity contribution in [1.29, 1.82) is 0 Å². The van der Waals surface area contributed by atoms with E-state index in [2.05, 4.69) is 12.2 Å². The topological polar surface area (TPSA) is 38.0 Å². The summed E-state index contributed by atoms with van der Waals surface area (Å²) >= 11 is 0. The highest BCUT2D eigenvalue weighted by Crippen LogP contribution is 2.28. The molecule has 1 aliphatic carbocycles. The van der Waals surface area contributed by atoms with Crippen LogP contribution in [0.4, 0.5) is 15.8 Å². The number of nitrogens with two attached hydrogens (primary N) is 1. The molecule has 17 heavy (non-hydrogen) atoms. The van der Waals surface area contributed by atoms with Crippen LogP contribution in [0, 0.1) is 11.7 Å². The van der Waals surface area contributed by atoms with E-state index in [4.69, 9.17) is 5.73 Å². The maximum atomic E-state index is 13.2. The molecule has 0 spiro atoms. The lowest BCUT2D eigenvalue weighted by Gasteiger charge is -2.24. The first kappa shape index (κ1) is 12.2. The van der Waals surface area contributed by atoms with Gasteiger partial charge in [0, 0.05) is 6.04 Å². The van der Waals surface area contributed by atoms with E-state index in [1.807, 2.05) is 0 Å². The Bertz CT molecular complexity index is 378. The van der Waals surface area contributed by atoms with Crippen molar-refractivity contribution in [3.63, 3.8) is 0 Å². The van der Waals surface area contributed by atoms with E-state index in [1.165, 1.54) is 37.8 Å². The van der Waals surface area contributed by atoms with Crippen molar-refractivity contribution in [3.8, 4) is 0 Å². The fraction of sp³-hybridized carbons (Fsp3) is 0.571. The third-order valence-corrected chi connectivity index (χ3v) is 3.72. The highest BCUT2D eigenvalue weighted by Gasteiger charge is 2.20. The summed E-state index contributed by atoms with van der Waals surface area (Å²) < 4.78 is 13.2. The van der Waals surface area contributed by atoms with Crippen molar-refractivity contribution in [2.75, 3.05) is 11.1 Å². The van der Waals surface area contributed by atoms with Crippen LogP contribution < -0.4 is 11.1 Å². The minimum absolute atomic E-state index is 0.233. The van der Waals surface area contributed by atoms with Crippen molar-refractivity contribution in [1.82, 2.24) is 0 Å². The SMILES string of the molecule is CC1CCCCCC1Nc1cc(F)ccc1N. The lowest BCUT2D eigenvalue weighted by molar-refractivity contribution is 0.456. The van der Waals surface area contributed by atoms with Crippen LogP contribution in [-0.2, 0) is 0 Å². The molecule has 2 atom stereocenters. The van der Waals surface area contributed by atoms with Gasteiger partial charge in [-0.15, -0.1) is 0 Å². The van der Waals surface area contributed by atoms with E-state index in [1.54, 1.807) is 6.07 Å². The number of hydrogen-bond donors (Lipinski definition) is 2. The van der Waals surface area contributed by atoms with Gasteiger partial charge in [-0.1, -0.05) is 26.2 Å². The number of hydrogen-bond acceptors (Lipinski definition) is 2. The molecule has 3 heteroatoms. The van der Waals surface area contributed by atoms with Gasteiger partial charge in [0.2, 0.25) is 0 Å². The van der Waals surface area contributed by atoms with Crippen LogP contribution in [0.1, 0.15) is 39.0 Å². The van der Waals surface area contributed by atoms with Crippen LogP contribution in [0.25, 0.3) is 0 Å². The monoisotopic (exact) mass is 236 g/mol. The van der Waals surface area contributed by atoms with Crippen molar-refractivity contribution < 1.29 is 4.39 Å². The molecule has 0 bridgehead atoms. The lowest BCUT2D eigenvalue weighted by atomic mass is 9.96. The third-order valence-electron chi connectivity index (χ3n) is 3.72. The predicted molar refractivity (Wildman–Crippen MR) is 70.5 cm³/mol. The highest BCUT2D eigenvalue weighted by molar-refractivity contribution is 5.66. The van der Waals surface area contributed by atoms with Crippen molar-refractivity contribution >= 4 is 11.4 Å². The molecule has 1 aromatic carbocycles. The van der Waals surface area contributed by atoms with Gasteiger partial charge in [0.1, 0.15) is 5.82 Å². The first-order chi connectivity index (χ1) is 8.16. The molecule has 0 aromatic heterocycles. The van der Waals surface area contributed by atoms with E-state index >= 15 is 0 Å². The van der Waals surface area contributed by atoms with Crippen molar-refractivity contribution in [2.24, 2.45) is 5.92 Å². The van der Waals surface area contributed by atoms with E-state index < -0.39 is 0 Å². The Morgan fingerprint density at radius 1 is 1.24 bits per heavy atom. The zero-order valence-electron chi connectivity index (χ0n) is 10.4. The molecule has 2 nitrogen and oxygen atoms in total. The Kier molecular flexibility index (Phi) is 3.87. The average Bonchev–Trinajstić information content (AvgIpc) is 2.50. The number of benzene rings is 1. The second kappa shape index (κ2) is 5.39. The number of nitrogen functional groups attached to an aromatic ring is 1. The first-order valence-electron chi connectivity index (χ1n) is 6.48. The molecule has 0 radical (unpaired) electrons. The molecule has 0 heterocycles. The lowest BCUT2D eigenvalue weighted by Crippen LogP contribution is -2.26. The quantitative estimate of drug-likeness (QED) is 0.605. The Balaban J connectivity index is 2.10. The van der Waals surface area contributed by atoms with E-state index in [0.29, 0.717) is 17.6 Å². The van der Waals surface area contributed by atoms with E-state index in [9.17, 15) is 4.39 Å². The van der Waals surface area contributed by atoms with Crippen LogP contribution in [0.15, 0.2) is 18.2 Å². The van der Waals surface area contributed by atoms with Crippen LogP contribution in [-0.4, -0.2) is 6.04 Å². The molecule has 0 saturated heterocycles. The minimum atomic E-state index is -0.233. The van der Waals surface area contributed by atoms with Gasteiger partial charge in [0.25, 0.3) is 0 Å². The molecule has 1 saturated carbocycles. The summed E-state index contributed by atoms with van der Waals surface area (Å²) in [6, 6.07) is 4.94. The fourth-order valence-corrected chi connectivity index (χ4v) is 2.56. The first-order valence-corrected chi connectivity index (χ1v) is 6.48. The molecule has 94 valence electrons. The minimum Gasteiger partial charge on any atom is -0.397 e. The molecule has 0 amide bonds. The van der Waals surface area contributed by atoms with Gasteiger partial charge in [0.15, 0.2) is 0 Å². The average molecular weight is 236 g/mol. The number of halogens is 1. The summed E-state index contributed by atoms with van der Waals surface area (Å²) in [6.45, 7) is 2.26. The second-order valence-electron chi connectivity index (χ2n) is 5.10. The summed E-state index contributed by atoms with van der Waals surface area (Å²) in [5.74, 6) is 0.392. The molecule has 2 rings (SSSR count). The van der Waals surface area contributed by atoms with Crippen molar-refractivity contribution in [3.05, 3.63) is 24.0 Å². The molecule has 2 unspecified atom stereocenters. The van der Waals surface area contributed by atoms with Crippen LogP contribution in [0.5, 0.6) is 0 Å². The largest absolute Gasteiger partial charge is 0.397 e. The van der Waals surface area contributed by atoms with Gasteiger partial charge in [-0.2, -0.15) is 0 Å². The second-order valence-corrected chi connectivity index (χ2v) is 5.10. The maximum Gasteiger partial charge on any atom is 0.125 e. The highest BCUT2D eigenvalue weighted by atomic mass is 19.1. The van der Waals surface area contributed by atoms with E-state index in [0.717, 1.165) is 12.1 Å². The normalized spacial score (nSPS) is 25.3. The summed E-state index contributed by atoms with van der Waals surface area (Å²) in [7, 11) is 0. The molecule has 1 aliphatic rings. The Labute approximate surface area is 102 Å². The summed E-state index contributed by atoms with van der Waals surface area (Å²) in [5, 5.41) is 3.41. The van der Waals surface area contributed by atoms with Gasteiger partial charge in [0.05, 0.1) is 11.4 Å². The zero-order chi connectivity index (χ0) is 12.3. The Morgan fingerprint density at radius 3 is 2.82 bits per heavy atom. The number of rotatable bonds is 2. The molecule has 1 fully saturated rings. The number of nitrogens with one attached hydrogen (secondary N) is 1. The summed E-state index contributed by atoms with van der Waals surface area (Å²) in [5.41, 5.74) is 7.23. The predicted octanol–water partition coefficient (Wildman–Crippen LogP) is 3.79. The zero-order valence-corrected chi connectivity index (χ0v) is 10.4. The van der Waals surface area contributed by atoms with Crippen LogP contribution in [0.3, 0.4) is 0 Å². The molecule has 3 N–H and O–H groups in total. The smallest absolute Gasteiger partial charge is 0.125 e. The summed E-state index contributed by atoms with van der Waals surface area (Å²) in [4.78, 5) is 0.